The molecule has 1 unspecified atom stereocenters. The number of oxazole rings is 1. The van der Waals surface area contributed by atoms with Crippen molar-refractivity contribution >= 4 is 11.4 Å². The van der Waals surface area contributed by atoms with Crippen molar-refractivity contribution in [2.75, 3.05) is 5.73 Å². The Morgan fingerprint density at radius 2 is 2.23 bits per heavy atom. The molecule has 1 aromatic carbocycles. The normalized spacial score (nSPS) is 15.3. The van der Waals surface area contributed by atoms with Crippen LogP contribution in [-0.4, -0.2) is 15.7 Å². The molecule has 0 fully saturated rings. The van der Waals surface area contributed by atoms with E-state index in [1.807, 2.05) is 12.1 Å². The zero-order valence-corrected chi connectivity index (χ0v) is 13.8. The third-order valence-corrected chi connectivity index (χ3v) is 4.37. The van der Waals surface area contributed by atoms with E-state index in [0.29, 0.717) is 17.1 Å². The molecule has 7 nitrogen and oxygen atoms in total. The van der Waals surface area contributed by atoms with Crippen LogP contribution in [0.3, 0.4) is 0 Å². The molecule has 0 saturated heterocycles. The molecule has 0 bridgehead atoms. The van der Waals surface area contributed by atoms with Crippen LogP contribution in [-0.2, 0) is 6.42 Å². The number of pyridine rings is 1. The molecule has 128 valence electrons. The zero-order valence-electron chi connectivity index (χ0n) is 13.8. The van der Waals surface area contributed by atoms with E-state index >= 15 is 0 Å². The van der Waals surface area contributed by atoms with Crippen LogP contribution in [0.4, 0.5) is 5.69 Å². The predicted octanol–water partition coefficient (Wildman–Crippen LogP) is 3.01. The molecular weight excluding hydrogens is 330 g/mol. The quantitative estimate of drug-likeness (QED) is 0.701. The minimum absolute atomic E-state index is 0.0518. The van der Waals surface area contributed by atoms with Gasteiger partial charge >= 0.3 is 0 Å². The van der Waals surface area contributed by atoms with E-state index in [1.165, 1.54) is 12.6 Å². The molecule has 3 N–H and O–H groups in total. The molecule has 1 aliphatic carbocycles. The van der Waals surface area contributed by atoms with Gasteiger partial charge in [-0.25, -0.2) is 9.97 Å². The second kappa shape index (κ2) is 6.33. The van der Waals surface area contributed by atoms with E-state index < -0.39 is 0 Å². The average molecular weight is 345 g/mol. The third-order valence-electron chi connectivity index (χ3n) is 4.37. The molecule has 2 aromatic heterocycles. The highest BCUT2D eigenvalue weighted by Crippen LogP contribution is 2.35. The highest BCUT2D eigenvalue weighted by atomic mass is 16.5. The molecule has 1 atom stereocenters. The largest absolute Gasteiger partial charge is 0.469 e. The monoisotopic (exact) mass is 345 g/mol. The maximum absolute atomic E-state index is 9.02. The number of nitriles is 1. The summed E-state index contributed by atoms with van der Waals surface area (Å²) in [6.07, 6.45) is 4.22. The number of benzene rings is 1. The van der Waals surface area contributed by atoms with Gasteiger partial charge in [0, 0.05) is 6.07 Å². The third kappa shape index (κ3) is 2.78. The lowest BCUT2D eigenvalue weighted by atomic mass is 10.1. The van der Waals surface area contributed by atoms with Gasteiger partial charge in [-0.2, -0.15) is 5.26 Å². The summed E-state index contributed by atoms with van der Waals surface area (Å²) >= 11 is 0. The maximum Gasteiger partial charge on any atom is 0.214 e. The summed E-state index contributed by atoms with van der Waals surface area (Å²) in [6, 6.07) is 11.1. The Morgan fingerprint density at radius 1 is 1.35 bits per heavy atom. The van der Waals surface area contributed by atoms with E-state index in [4.69, 9.17) is 25.6 Å². The van der Waals surface area contributed by atoms with Gasteiger partial charge < -0.3 is 14.9 Å². The summed E-state index contributed by atoms with van der Waals surface area (Å²) in [5.41, 5.74) is 9.51. The van der Waals surface area contributed by atoms with Crippen molar-refractivity contribution in [1.29, 1.82) is 10.7 Å². The lowest BCUT2D eigenvalue weighted by Gasteiger charge is -2.15. The standard InChI is InChI=1S/C19H15N5O2/c20-8-11-1-3-13-12(7-11)2-5-15(13)26-17-6-4-14(21)19(24-17)18(22)16-9-23-10-25-16/h1,3-4,6-7,9-10,15,22H,2,5,21H2. The van der Waals surface area contributed by atoms with Gasteiger partial charge in [0.2, 0.25) is 5.88 Å². The number of nitrogens with two attached hydrogens (primary N) is 1. The van der Waals surface area contributed by atoms with Crippen LogP contribution in [0.25, 0.3) is 0 Å². The fourth-order valence-electron chi connectivity index (χ4n) is 3.09. The Kier molecular flexibility index (Phi) is 3.86. The van der Waals surface area contributed by atoms with Gasteiger partial charge in [-0.3, -0.25) is 5.41 Å². The molecule has 0 spiro atoms. The fraction of sp³-hybridized carbons (Fsp3) is 0.158. The van der Waals surface area contributed by atoms with Crippen LogP contribution in [0.15, 0.2) is 47.3 Å². The van der Waals surface area contributed by atoms with E-state index in [2.05, 4.69) is 16.0 Å². The molecule has 0 aliphatic heterocycles. The lowest BCUT2D eigenvalue weighted by molar-refractivity contribution is 0.199. The SMILES string of the molecule is N#Cc1ccc2c(c1)CCC2Oc1ccc(N)c(C(=N)c2cnco2)n1. The Bertz CT molecular complexity index is 1020. The number of nitrogen functional groups attached to an aromatic ring is 1. The molecule has 3 aromatic rings. The Balaban J connectivity index is 1.60. The number of hydrogen-bond donors (Lipinski definition) is 2. The van der Waals surface area contributed by atoms with E-state index in [1.54, 1.807) is 18.2 Å². The molecule has 0 radical (unpaired) electrons. The Morgan fingerprint density at radius 3 is 3.00 bits per heavy atom. The maximum atomic E-state index is 9.02. The summed E-state index contributed by atoms with van der Waals surface area (Å²) < 4.78 is 11.2. The van der Waals surface area contributed by atoms with Crippen molar-refractivity contribution in [3.05, 3.63) is 71.1 Å². The van der Waals surface area contributed by atoms with Gasteiger partial charge in [0.05, 0.1) is 23.5 Å². The van der Waals surface area contributed by atoms with E-state index in [9.17, 15) is 0 Å². The van der Waals surface area contributed by atoms with Gasteiger partial charge in [-0.1, -0.05) is 6.07 Å². The number of aromatic nitrogens is 2. The first-order valence-corrected chi connectivity index (χ1v) is 8.09. The molecule has 26 heavy (non-hydrogen) atoms. The van der Waals surface area contributed by atoms with Crippen LogP contribution < -0.4 is 10.5 Å². The number of aryl methyl sites for hydroxylation is 1. The first-order valence-electron chi connectivity index (χ1n) is 8.09. The molecule has 1 aliphatic rings. The number of ether oxygens (including phenoxy) is 1. The van der Waals surface area contributed by atoms with Crippen LogP contribution in [0.2, 0.25) is 0 Å². The van der Waals surface area contributed by atoms with E-state index in [-0.39, 0.29) is 23.3 Å². The number of nitrogens with one attached hydrogen (secondary N) is 1. The molecule has 2 heterocycles. The van der Waals surface area contributed by atoms with Gasteiger partial charge in [-0.05, 0) is 42.2 Å². The van der Waals surface area contributed by atoms with Crippen LogP contribution in [0.5, 0.6) is 5.88 Å². The summed E-state index contributed by atoms with van der Waals surface area (Å²) in [5.74, 6) is 0.678. The minimum atomic E-state index is -0.138. The number of fused-ring (bicyclic) bond motifs is 1. The fourth-order valence-corrected chi connectivity index (χ4v) is 3.09. The highest BCUT2D eigenvalue weighted by molar-refractivity contribution is 6.10. The smallest absolute Gasteiger partial charge is 0.214 e. The summed E-state index contributed by atoms with van der Waals surface area (Å²) in [4.78, 5) is 8.20. The summed E-state index contributed by atoms with van der Waals surface area (Å²) in [7, 11) is 0. The molecular formula is C19H15N5O2. The van der Waals surface area contributed by atoms with Crippen molar-refractivity contribution in [3.63, 3.8) is 0 Å². The van der Waals surface area contributed by atoms with Crippen LogP contribution in [0.1, 0.15) is 40.7 Å². The van der Waals surface area contributed by atoms with Gasteiger partial charge in [0.15, 0.2) is 12.2 Å². The summed E-state index contributed by atoms with van der Waals surface area (Å²) in [6.45, 7) is 0. The molecule has 0 saturated carbocycles. The van der Waals surface area contributed by atoms with Crippen molar-refractivity contribution in [2.45, 2.75) is 18.9 Å². The summed E-state index contributed by atoms with van der Waals surface area (Å²) in [5, 5.41) is 17.2. The van der Waals surface area contributed by atoms with Crippen molar-refractivity contribution in [1.82, 2.24) is 9.97 Å². The minimum Gasteiger partial charge on any atom is -0.469 e. The number of anilines is 1. The van der Waals surface area contributed by atoms with Gasteiger partial charge in [0.1, 0.15) is 17.5 Å². The molecule has 0 amide bonds. The predicted molar refractivity (Wildman–Crippen MR) is 93.9 cm³/mol. The van der Waals surface area contributed by atoms with E-state index in [0.717, 1.165) is 24.0 Å². The van der Waals surface area contributed by atoms with Crippen LogP contribution in [0, 0.1) is 16.7 Å². The average Bonchev–Trinajstić information content (AvgIpc) is 3.32. The lowest BCUT2D eigenvalue weighted by Crippen LogP contribution is -2.10. The Hall–Kier alpha value is -3.66. The highest BCUT2D eigenvalue weighted by Gasteiger charge is 2.25. The number of nitrogens with zero attached hydrogens (tertiary/aromatic N) is 3. The zero-order chi connectivity index (χ0) is 18.1. The van der Waals surface area contributed by atoms with Crippen LogP contribution >= 0.6 is 0 Å². The van der Waals surface area contributed by atoms with Crippen molar-refractivity contribution in [3.8, 4) is 11.9 Å². The molecule has 4 rings (SSSR count). The first kappa shape index (κ1) is 15.8. The van der Waals surface area contributed by atoms with Crippen molar-refractivity contribution in [2.24, 2.45) is 0 Å². The topological polar surface area (TPSA) is 122 Å². The number of hydrogen-bond acceptors (Lipinski definition) is 7. The Labute approximate surface area is 149 Å². The van der Waals surface area contributed by atoms with Gasteiger partial charge in [0.25, 0.3) is 0 Å². The second-order valence-corrected chi connectivity index (χ2v) is 6.00. The first-order chi connectivity index (χ1) is 12.7. The second-order valence-electron chi connectivity index (χ2n) is 6.00. The van der Waals surface area contributed by atoms with Crippen molar-refractivity contribution < 1.29 is 9.15 Å². The molecule has 7 heteroatoms. The number of rotatable bonds is 4. The van der Waals surface area contributed by atoms with Gasteiger partial charge in [-0.15, -0.1) is 0 Å².